The number of aromatic nitrogens is 2. The highest BCUT2D eigenvalue weighted by molar-refractivity contribution is 6.35. The summed E-state index contributed by atoms with van der Waals surface area (Å²) in [5, 5.41) is 0.463. The van der Waals surface area contributed by atoms with Crippen LogP contribution in [0.15, 0.2) is 48.7 Å². The molecule has 1 aromatic carbocycles. The largest absolute Gasteiger partial charge is 0.295 e. The standard InChI is InChI=1S/C15H8ClN3O2/c16-9-4-3-5-10(8-9)19-14(20)12-13(15(19)21)18-7-2-1-6-11(18)17-12/h1-8H. The molecule has 0 aliphatic carbocycles. The van der Waals surface area contributed by atoms with Gasteiger partial charge in [-0.15, -0.1) is 0 Å². The molecule has 4 rings (SSSR count). The first-order valence-corrected chi connectivity index (χ1v) is 6.66. The van der Waals surface area contributed by atoms with Crippen LogP contribution in [0.3, 0.4) is 0 Å². The minimum absolute atomic E-state index is 0.172. The van der Waals surface area contributed by atoms with Gasteiger partial charge in [0, 0.05) is 11.2 Å². The molecule has 0 atom stereocenters. The number of hydrogen-bond donors (Lipinski definition) is 0. The number of benzene rings is 1. The minimum atomic E-state index is -0.430. The number of fused-ring (bicyclic) bond motifs is 3. The third-order valence-electron chi connectivity index (χ3n) is 3.41. The van der Waals surface area contributed by atoms with E-state index in [2.05, 4.69) is 4.98 Å². The van der Waals surface area contributed by atoms with E-state index in [1.807, 2.05) is 0 Å². The van der Waals surface area contributed by atoms with Crippen molar-refractivity contribution >= 4 is 34.7 Å². The van der Waals surface area contributed by atoms with E-state index in [4.69, 9.17) is 11.6 Å². The molecule has 2 aromatic heterocycles. The van der Waals surface area contributed by atoms with E-state index in [0.717, 1.165) is 4.90 Å². The first-order valence-electron chi connectivity index (χ1n) is 6.28. The Kier molecular flexibility index (Phi) is 2.40. The molecule has 0 fully saturated rings. The van der Waals surface area contributed by atoms with Crippen LogP contribution in [0.1, 0.15) is 21.0 Å². The summed E-state index contributed by atoms with van der Waals surface area (Å²) in [6.45, 7) is 0. The second-order valence-corrected chi connectivity index (χ2v) is 5.10. The Labute approximate surface area is 124 Å². The molecule has 6 heteroatoms. The fourth-order valence-electron chi connectivity index (χ4n) is 2.50. The molecule has 0 N–H and O–H groups in total. The van der Waals surface area contributed by atoms with Crippen LogP contribution >= 0.6 is 11.6 Å². The van der Waals surface area contributed by atoms with E-state index >= 15 is 0 Å². The number of amides is 2. The molecule has 0 spiro atoms. The number of pyridine rings is 1. The van der Waals surface area contributed by atoms with Crippen molar-refractivity contribution in [2.75, 3.05) is 4.90 Å². The fourth-order valence-corrected chi connectivity index (χ4v) is 2.69. The lowest BCUT2D eigenvalue weighted by Gasteiger charge is -2.14. The molecule has 1 aliphatic heterocycles. The van der Waals surface area contributed by atoms with Crippen molar-refractivity contribution in [1.29, 1.82) is 0 Å². The highest BCUT2D eigenvalue weighted by Gasteiger charge is 2.41. The number of rotatable bonds is 1. The molecule has 102 valence electrons. The van der Waals surface area contributed by atoms with Crippen LogP contribution in [0.4, 0.5) is 5.69 Å². The molecule has 0 saturated carbocycles. The summed E-state index contributed by atoms with van der Waals surface area (Å²) in [7, 11) is 0. The Morgan fingerprint density at radius 3 is 2.67 bits per heavy atom. The molecule has 3 heterocycles. The molecule has 0 radical (unpaired) electrons. The normalized spacial score (nSPS) is 14.0. The van der Waals surface area contributed by atoms with Crippen LogP contribution in [0, 0.1) is 0 Å². The monoisotopic (exact) mass is 297 g/mol. The van der Waals surface area contributed by atoms with Gasteiger partial charge in [0.25, 0.3) is 11.8 Å². The van der Waals surface area contributed by atoms with Crippen LogP contribution in [0.5, 0.6) is 0 Å². The van der Waals surface area contributed by atoms with Gasteiger partial charge in [-0.25, -0.2) is 9.88 Å². The smallest absolute Gasteiger partial charge is 0.286 e. The molecular weight excluding hydrogens is 290 g/mol. The zero-order chi connectivity index (χ0) is 14.6. The number of carbonyl (C=O) groups is 2. The Morgan fingerprint density at radius 2 is 1.86 bits per heavy atom. The lowest BCUT2D eigenvalue weighted by atomic mass is 10.3. The van der Waals surface area contributed by atoms with Gasteiger partial charge in [-0.2, -0.15) is 0 Å². The number of nitrogens with zero attached hydrogens (tertiary/aromatic N) is 3. The van der Waals surface area contributed by atoms with Crippen LogP contribution in [0.25, 0.3) is 5.65 Å². The summed E-state index contributed by atoms with van der Waals surface area (Å²) in [5.41, 5.74) is 1.48. The number of carbonyl (C=O) groups excluding carboxylic acids is 2. The summed E-state index contributed by atoms with van der Waals surface area (Å²) in [5.74, 6) is -0.822. The molecule has 5 nitrogen and oxygen atoms in total. The van der Waals surface area contributed by atoms with Crippen LogP contribution in [-0.4, -0.2) is 21.2 Å². The van der Waals surface area contributed by atoms with Crippen LogP contribution in [0.2, 0.25) is 5.02 Å². The Hall–Kier alpha value is -2.66. The summed E-state index contributed by atoms with van der Waals surface area (Å²) in [6, 6.07) is 12.0. The van der Waals surface area contributed by atoms with Gasteiger partial charge in [0.2, 0.25) is 0 Å². The third kappa shape index (κ3) is 1.61. The Balaban J connectivity index is 1.91. The number of imidazole rings is 1. The quantitative estimate of drug-likeness (QED) is 0.649. The number of halogens is 1. The van der Waals surface area contributed by atoms with Crippen molar-refractivity contribution in [3.8, 4) is 0 Å². The maximum atomic E-state index is 12.6. The predicted molar refractivity (Wildman–Crippen MR) is 77.8 cm³/mol. The van der Waals surface area contributed by atoms with Gasteiger partial charge in [-0.3, -0.25) is 14.0 Å². The van der Waals surface area contributed by atoms with Crippen molar-refractivity contribution < 1.29 is 9.59 Å². The maximum absolute atomic E-state index is 12.6. The van der Waals surface area contributed by atoms with E-state index in [1.54, 1.807) is 53.1 Å². The summed E-state index contributed by atoms with van der Waals surface area (Å²) in [6.07, 6.45) is 1.72. The number of hydrogen-bond acceptors (Lipinski definition) is 3. The van der Waals surface area contributed by atoms with Gasteiger partial charge in [-0.1, -0.05) is 23.7 Å². The predicted octanol–water partition coefficient (Wildman–Crippen LogP) is 2.79. The third-order valence-corrected chi connectivity index (χ3v) is 3.64. The van der Waals surface area contributed by atoms with Crippen molar-refractivity contribution in [1.82, 2.24) is 9.38 Å². The first-order chi connectivity index (χ1) is 10.2. The molecule has 3 aromatic rings. The second-order valence-electron chi connectivity index (χ2n) is 4.66. The van der Waals surface area contributed by atoms with E-state index < -0.39 is 11.8 Å². The summed E-state index contributed by atoms with van der Waals surface area (Å²) >= 11 is 5.93. The maximum Gasteiger partial charge on any atom is 0.286 e. The molecular formula is C15H8ClN3O2. The van der Waals surface area contributed by atoms with Crippen molar-refractivity contribution in [2.45, 2.75) is 0 Å². The van der Waals surface area contributed by atoms with Crippen LogP contribution < -0.4 is 4.90 Å². The summed E-state index contributed by atoms with van der Waals surface area (Å²) in [4.78, 5) is 30.4. The van der Waals surface area contributed by atoms with Crippen molar-refractivity contribution in [3.05, 3.63) is 65.1 Å². The van der Waals surface area contributed by atoms with Crippen LogP contribution in [-0.2, 0) is 0 Å². The zero-order valence-corrected chi connectivity index (χ0v) is 11.4. The SMILES string of the molecule is O=C1c2nc3ccccn3c2C(=O)N1c1cccc(Cl)c1. The molecule has 0 unspecified atom stereocenters. The minimum Gasteiger partial charge on any atom is -0.295 e. The summed E-state index contributed by atoms with van der Waals surface area (Å²) < 4.78 is 1.63. The van der Waals surface area contributed by atoms with E-state index in [1.165, 1.54) is 0 Å². The van der Waals surface area contributed by atoms with Gasteiger partial charge >= 0.3 is 0 Å². The topological polar surface area (TPSA) is 54.7 Å². The van der Waals surface area contributed by atoms with Crippen molar-refractivity contribution in [2.24, 2.45) is 0 Å². The molecule has 1 aliphatic rings. The molecule has 2 amide bonds. The van der Waals surface area contributed by atoms with Gasteiger partial charge in [0.15, 0.2) is 5.69 Å². The molecule has 0 bridgehead atoms. The Morgan fingerprint density at radius 1 is 1.00 bits per heavy atom. The lowest BCUT2D eigenvalue weighted by Crippen LogP contribution is -2.30. The van der Waals surface area contributed by atoms with E-state index in [-0.39, 0.29) is 11.4 Å². The number of imide groups is 1. The average molecular weight is 298 g/mol. The highest BCUT2D eigenvalue weighted by Crippen LogP contribution is 2.30. The first kappa shape index (κ1) is 12.1. The van der Waals surface area contributed by atoms with Gasteiger partial charge < -0.3 is 0 Å². The highest BCUT2D eigenvalue weighted by atomic mass is 35.5. The van der Waals surface area contributed by atoms with E-state index in [9.17, 15) is 9.59 Å². The molecule has 21 heavy (non-hydrogen) atoms. The lowest BCUT2D eigenvalue weighted by molar-refractivity contribution is 0.0922. The van der Waals surface area contributed by atoms with Gasteiger partial charge in [0.05, 0.1) is 5.69 Å². The van der Waals surface area contributed by atoms with Gasteiger partial charge in [0.1, 0.15) is 11.3 Å². The van der Waals surface area contributed by atoms with Crippen molar-refractivity contribution in [3.63, 3.8) is 0 Å². The Bertz CT molecular complexity index is 916. The van der Waals surface area contributed by atoms with Gasteiger partial charge in [-0.05, 0) is 30.3 Å². The second kappa shape index (κ2) is 4.17. The molecule has 0 saturated heterocycles. The average Bonchev–Trinajstić information content (AvgIpc) is 2.96. The zero-order valence-electron chi connectivity index (χ0n) is 10.7. The fraction of sp³-hybridized carbons (Fsp3) is 0. The number of anilines is 1. The van der Waals surface area contributed by atoms with E-state index in [0.29, 0.717) is 16.4 Å².